The van der Waals surface area contributed by atoms with Crippen LogP contribution in [0.25, 0.3) is 0 Å². The van der Waals surface area contributed by atoms with Crippen LogP contribution in [0.5, 0.6) is 0 Å². The number of nitriles is 1. The summed E-state index contributed by atoms with van der Waals surface area (Å²) >= 11 is 5.96. The molecule has 1 amide bonds. The molecule has 2 N–H and O–H groups in total. The van der Waals surface area contributed by atoms with Gasteiger partial charge >= 0.3 is 6.18 Å². The van der Waals surface area contributed by atoms with Gasteiger partial charge in [0.15, 0.2) is 0 Å². The lowest BCUT2D eigenvalue weighted by atomic mass is 9.82. The van der Waals surface area contributed by atoms with Crippen LogP contribution in [-0.2, 0) is 16.4 Å². The molecule has 9 heteroatoms. The molecule has 1 aliphatic rings. The maximum Gasteiger partial charge on any atom is 0.416 e. The fraction of sp³-hybridized carbons (Fsp3) is 0.304. The molecule has 0 aliphatic heterocycles. The van der Waals surface area contributed by atoms with E-state index in [0.29, 0.717) is 6.07 Å². The number of nitrogens with one attached hydrogen (secondary N) is 1. The second-order valence-electron chi connectivity index (χ2n) is 7.65. The summed E-state index contributed by atoms with van der Waals surface area (Å²) in [6.07, 6.45) is -4.48. The van der Waals surface area contributed by atoms with E-state index in [0.717, 1.165) is 12.1 Å². The Morgan fingerprint density at radius 2 is 1.94 bits per heavy atom. The molecule has 1 unspecified atom stereocenters. The second kappa shape index (κ2) is 8.46. The highest BCUT2D eigenvalue weighted by atomic mass is 35.5. The van der Waals surface area contributed by atoms with Gasteiger partial charge in [-0.15, -0.1) is 5.92 Å². The maximum atomic E-state index is 14.5. The highest BCUT2D eigenvalue weighted by Gasteiger charge is 2.53. The molecular weight excluding hydrogens is 448 g/mol. The minimum atomic E-state index is -4.66. The molecule has 1 saturated carbocycles. The molecule has 0 spiro atoms. The van der Waals surface area contributed by atoms with Gasteiger partial charge in [-0.3, -0.25) is 4.79 Å². The van der Waals surface area contributed by atoms with Crippen molar-refractivity contribution in [2.24, 2.45) is 0 Å². The van der Waals surface area contributed by atoms with E-state index < -0.39 is 40.9 Å². The first-order valence-corrected chi connectivity index (χ1v) is 9.86. The third kappa shape index (κ3) is 4.72. The predicted octanol–water partition coefficient (Wildman–Crippen LogP) is 5.18. The second-order valence-corrected chi connectivity index (χ2v) is 8.05. The molecule has 1 fully saturated rings. The van der Waals surface area contributed by atoms with Gasteiger partial charge in [-0.1, -0.05) is 17.5 Å². The van der Waals surface area contributed by atoms with Crippen molar-refractivity contribution in [3.63, 3.8) is 0 Å². The number of aliphatic hydroxyl groups is 1. The smallest absolute Gasteiger partial charge is 0.369 e. The number of hydrogen-bond acceptors (Lipinski definition) is 3. The van der Waals surface area contributed by atoms with Gasteiger partial charge in [-0.2, -0.15) is 18.4 Å². The fourth-order valence-corrected chi connectivity index (χ4v) is 3.82. The van der Waals surface area contributed by atoms with Crippen LogP contribution in [0, 0.1) is 29.0 Å². The zero-order valence-corrected chi connectivity index (χ0v) is 17.5. The Hall–Kier alpha value is -3.07. The van der Waals surface area contributed by atoms with Crippen LogP contribution < -0.4 is 5.32 Å². The number of alkyl halides is 3. The van der Waals surface area contributed by atoms with E-state index in [2.05, 4.69) is 17.2 Å². The summed E-state index contributed by atoms with van der Waals surface area (Å²) in [7, 11) is 0. The van der Waals surface area contributed by atoms with Gasteiger partial charge in [0.25, 0.3) is 5.91 Å². The molecule has 0 saturated heterocycles. The molecule has 3 rings (SSSR count). The van der Waals surface area contributed by atoms with Crippen molar-refractivity contribution in [3.05, 3.63) is 63.9 Å². The topological polar surface area (TPSA) is 73.1 Å². The van der Waals surface area contributed by atoms with Crippen molar-refractivity contribution in [1.29, 1.82) is 5.26 Å². The lowest BCUT2D eigenvalue weighted by Crippen LogP contribution is -2.44. The summed E-state index contributed by atoms with van der Waals surface area (Å²) in [6.45, 7) is 1.39. The van der Waals surface area contributed by atoms with Crippen LogP contribution in [0.2, 0.25) is 5.02 Å². The Balaban J connectivity index is 1.92. The van der Waals surface area contributed by atoms with E-state index in [-0.39, 0.29) is 34.7 Å². The Bertz CT molecular complexity index is 1170. The molecule has 0 heterocycles. The monoisotopic (exact) mass is 464 g/mol. The molecule has 2 aromatic rings. The van der Waals surface area contributed by atoms with Gasteiger partial charge < -0.3 is 10.4 Å². The summed E-state index contributed by atoms with van der Waals surface area (Å²) < 4.78 is 53.9. The third-order valence-corrected chi connectivity index (χ3v) is 5.68. The van der Waals surface area contributed by atoms with E-state index in [4.69, 9.17) is 16.9 Å². The van der Waals surface area contributed by atoms with E-state index in [9.17, 15) is 27.5 Å². The Kier molecular flexibility index (Phi) is 6.24. The number of halogens is 5. The number of nitrogens with zero attached hydrogens (tertiary/aromatic N) is 1. The van der Waals surface area contributed by atoms with Crippen LogP contribution in [0.4, 0.5) is 23.2 Å². The number of carbonyl (C=O) groups excluding carboxylic acids is 1. The summed E-state index contributed by atoms with van der Waals surface area (Å²) in [4.78, 5) is 12.9. The molecule has 2 aromatic carbocycles. The highest BCUT2D eigenvalue weighted by molar-refractivity contribution is 6.32. The first kappa shape index (κ1) is 23.6. The SMILES string of the molecule is CC#CC(O)(CC1(c2cc(C(F)(F)F)ccc2F)CC1)C(=O)Nc1ccc(C#N)c(Cl)c1. The summed E-state index contributed by atoms with van der Waals surface area (Å²) in [6, 6.07) is 8.08. The van der Waals surface area contributed by atoms with Gasteiger partial charge in [-0.25, -0.2) is 4.39 Å². The predicted molar refractivity (Wildman–Crippen MR) is 110 cm³/mol. The van der Waals surface area contributed by atoms with E-state index >= 15 is 0 Å². The van der Waals surface area contributed by atoms with Crippen molar-refractivity contribution >= 4 is 23.2 Å². The number of hydrogen-bond donors (Lipinski definition) is 2. The molecule has 0 bridgehead atoms. The minimum absolute atomic E-state index is 0.0834. The number of rotatable bonds is 5. The van der Waals surface area contributed by atoms with E-state index in [1.807, 2.05) is 6.07 Å². The average Bonchev–Trinajstić information content (AvgIpc) is 3.47. The molecule has 0 aromatic heterocycles. The number of amides is 1. The number of anilines is 1. The van der Waals surface area contributed by atoms with Gasteiger partial charge in [0.05, 0.1) is 16.1 Å². The Morgan fingerprint density at radius 1 is 1.25 bits per heavy atom. The molecule has 0 radical (unpaired) electrons. The Morgan fingerprint density at radius 3 is 2.47 bits per heavy atom. The third-order valence-electron chi connectivity index (χ3n) is 5.37. The minimum Gasteiger partial charge on any atom is -0.369 e. The lowest BCUT2D eigenvalue weighted by molar-refractivity contribution is -0.137. The molecular formula is C23H17ClF4N2O2. The number of benzene rings is 2. The first-order valence-electron chi connectivity index (χ1n) is 9.49. The highest BCUT2D eigenvalue weighted by Crippen LogP contribution is 2.54. The lowest BCUT2D eigenvalue weighted by Gasteiger charge is -2.28. The van der Waals surface area contributed by atoms with Crippen LogP contribution in [0.3, 0.4) is 0 Å². The van der Waals surface area contributed by atoms with Crippen molar-refractivity contribution in [2.75, 3.05) is 5.32 Å². The zero-order valence-electron chi connectivity index (χ0n) is 16.8. The molecule has 166 valence electrons. The van der Waals surface area contributed by atoms with Gasteiger partial charge in [0.1, 0.15) is 11.9 Å². The standard InChI is InChI=1S/C23H17ClF4N2O2/c1-2-7-22(32,20(31)30-16-5-3-14(12-29)18(24)11-16)13-21(8-9-21)17-10-15(23(26,27)28)4-6-19(17)25/h3-6,10-11,32H,8-9,13H2,1H3,(H,30,31). The number of carbonyl (C=O) groups is 1. The van der Waals surface area contributed by atoms with Crippen molar-refractivity contribution in [1.82, 2.24) is 0 Å². The van der Waals surface area contributed by atoms with E-state index in [1.165, 1.54) is 25.1 Å². The maximum absolute atomic E-state index is 14.5. The first-order chi connectivity index (χ1) is 14.9. The van der Waals surface area contributed by atoms with Crippen molar-refractivity contribution in [2.45, 2.75) is 43.4 Å². The molecule has 32 heavy (non-hydrogen) atoms. The van der Waals surface area contributed by atoms with Gasteiger partial charge in [0.2, 0.25) is 5.60 Å². The summed E-state index contributed by atoms with van der Waals surface area (Å²) in [5, 5.41) is 22.5. The molecule has 1 atom stereocenters. The molecule has 1 aliphatic carbocycles. The largest absolute Gasteiger partial charge is 0.416 e. The van der Waals surface area contributed by atoms with Gasteiger partial charge in [-0.05, 0) is 61.7 Å². The van der Waals surface area contributed by atoms with Gasteiger partial charge in [0, 0.05) is 17.5 Å². The van der Waals surface area contributed by atoms with Crippen LogP contribution >= 0.6 is 11.6 Å². The van der Waals surface area contributed by atoms with Crippen LogP contribution in [0.15, 0.2) is 36.4 Å². The summed E-state index contributed by atoms with van der Waals surface area (Å²) in [5.41, 5.74) is -4.31. The van der Waals surface area contributed by atoms with Crippen LogP contribution in [0.1, 0.15) is 42.9 Å². The van der Waals surface area contributed by atoms with Crippen LogP contribution in [-0.4, -0.2) is 16.6 Å². The summed E-state index contributed by atoms with van der Waals surface area (Å²) in [5.74, 6) is 3.08. The van der Waals surface area contributed by atoms with E-state index in [1.54, 1.807) is 0 Å². The molecule has 4 nitrogen and oxygen atoms in total. The quantitative estimate of drug-likeness (QED) is 0.473. The van der Waals surface area contributed by atoms with Crippen molar-refractivity contribution < 1.29 is 27.5 Å². The Labute approximate surface area is 186 Å². The zero-order chi connectivity index (χ0) is 23.7. The fourth-order valence-electron chi connectivity index (χ4n) is 3.60. The normalized spacial score (nSPS) is 16.2. The van der Waals surface area contributed by atoms with Crippen molar-refractivity contribution in [3.8, 4) is 17.9 Å². The average molecular weight is 465 g/mol.